The first-order valence-electron chi connectivity index (χ1n) is 12.1. The number of anilines is 1. The molecule has 0 unspecified atom stereocenters. The van der Waals surface area contributed by atoms with Gasteiger partial charge in [0.1, 0.15) is 33.5 Å². The number of rotatable bonds is 9. The maximum Gasteiger partial charge on any atom is 0.291 e. The van der Waals surface area contributed by atoms with Gasteiger partial charge in [0.15, 0.2) is 5.76 Å². The highest BCUT2D eigenvalue weighted by molar-refractivity contribution is 7.21. The van der Waals surface area contributed by atoms with Crippen molar-refractivity contribution in [3.05, 3.63) is 80.4 Å². The molecule has 0 aliphatic rings. The van der Waals surface area contributed by atoms with E-state index >= 15 is 0 Å². The number of primary amides is 1. The monoisotopic (exact) mass is 619 g/mol. The summed E-state index contributed by atoms with van der Waals surface area (Å²) in [7, 11) is 0. The van der Waals surface area contributed by atoms with E-state index in [-0.39, 0.29) is 33.1 Å². The number of thiophene rings is 1. The molecule has 3 N–H and O–H groups in total. The minimum atomic E-state index is -2.87. The third kappa shape index (κ3) is 5.63. The minimum absolute atomic E-state index is 0.0340. The van der Waals surface area contributed by atoms with Crippen LogP contribution in [0.15, 0.2) is 47.0 Å². The molecule has 0 spiro atoms. The van der Waals surface area contributed by atoms with E-state index in [9.17, 15) is 18.4 Å². The molecule has 0 aliphatic carbocycles. The molecular formula is C27H21Cl2F2N5O4S. The second kappa shape index (κ2) is 11.5. The Labute approximate surface area is 245 Å². The number of fused-ring (bicyclic) bond motifs is 1. The fourth-order valence-corrected chi connectivity index (χ4v) is 5.74. The molecule has 5 aromatic rings. The number of hydrogen-bond donors (Lipinski definition) is 2. The summed E-state index contributed by atoms with van der Waals surface area (Å²) < 4.78 is 40.6. The average Bonchev–Trinajstić information content (AvgIpc) is 3.65. The number of alkyl halides is 2. The van der Waals surface area contributed by atoms with Crippen LogP contribution in [-0.2, 0) is 13.2 Å². The number of nitrogens with two attached hydrogens (primary N) is 1. The van der Waals surface area contributed by atoms with E-state index in [0.717, 1.165) is 11.3 Å². The maximum absolute atomic E-state index is 13.8. The Morgan fingerprint density at radius 3 is 2.63 bits per heavy atom. The predicted molar refractivity (Wildman–Crippen MR) is 152 cm³/mol. The summed E-state index contributed by atoms with van der Waals surface area (Å²) in [6, 6.07) is 8.96. The molecule has 2 amide bonds. The lowest BCUT2D eigenvalue weighted by Gasteiger charge is -2.10. The molecule has 0 aliphatic heterocycles. The molecular weight excluding hydrogens is 599 g/mol. The maximum atomic E-state index is 13.8. The standard InChI is InChI=1S/C27H21Cl2F2N5O4S/c1-3-36-12(2)16(10-33-36)15-9-18(24(30)31)34-27-21(15)22(23(41-27)25(32)37)35-26(38)20-7-5-14(40-20)11-39-19-6-4-13(28)8-17(19)29/h4-10,24H,3,11H2,1-2H3,(H2,32,37)(H,35,38). The van der Waals surface area contributed by atoms with Crippen molar-refractivity contribution in [3.8, 4) is 16.9 Å². The van der Waals surface area contributed by atoms with Gasteiger partial charge in [0.25, 0.3) is 18.2 Å². The molecule has 0 radical (unpaired) electrons. The van der Waals surface area contributed by atoms with E-state index in [2.05, 4.69) is 15.4 Å². The van der Waals surface area contributed by atoms with E-state index in [1.807, 2.05) is 6.92 Å². The molecule has 9 nitrogen and oxygen atoms in total. The highest BCUT2D eigenvalue weighted by Crippen LogP contribution is 2.43. The van der Waals surface area contributed by atoms with Gasteiger partial charge in [0.05, 0.1) is 16.9 Å². The highest BCUT2D eigenvalue weighted by Gasteiger charge is 2.27. The zero-order chi connectivity index (χ0) is 29.4. The van der Waals surface area contributed by atoms with Crippen molar-refractivity contribution in [2.45, 2.75) is 33.4 Å². The summed E-state index contributed by atoms with van der Waals surface area (Å²) in [5, 5.41) is 8.04. The predicted octanol–water partition coefficient (Wildman–Crippen LogP) is 7.26. The van der Waals surface area contributed by atoms with Crippen LogP contribution in [0.25, 0.3) is 21.3 Å². The number of hydrogen-bond acceptors (Lipinski definition) is 7. The largest absolute Gasteiger partial charge is 0.484 e. The van der Waals surface area contributed by atoms with Crippen LogP contribution < -0.4 is 15.8 Å². The van der Waals surface area contributed by atoms with E-state index < -0.39 is 23.9 Å². The number of pyridine rings is 1. The van der Waals surface area contributed by atoms with Crippen molar-refractivity contribution in [2.75, 3.05) is 5.32 Å². The summed E-state index contributed by atoms with van der Waals surface area (Å²) in [6.45, 7) is 4.21. The van der Waals surface area contributed by atoms with Crippen molar-refractivity contribution in [1.82, 2.24) is 14.8 Å². The summed E-state index contributed by atoms with van der Waals surface area (Å²) >= 11 is 12.8. The Bertz CT molecular complexity index is 1800. The third-order valence-corrected chi connectivity index (χ3v) is 7.84. The molecule has 41 heavy (non-hydrogen) atoms. The van der Waals surface area contributed by atoms with Crippen LogP contribution in [0.1, 0.15) is 50.7 Å². The normalized spacial score (nSPS) is 11.4. The zero-order valence-electron chi connectivity index (χ0n) is 21.5. The molecule has 0 fully saturated rings. The van der Waals surface area contributed by atoms with Crippen molar-refractivity contribution < 1.29 is 27.5 Å². The van der Waals surface area contributed by atoms with Crippen molar-refractivity contribution in [3.63, 3.8) is 0 Å². The van der Waals surface area contributed by atoms with Gasteiger partial charge < -0.3 is 20.2 Å². The van der Waals surface area contributed by atoms with Gasteiger partial charge in [-0.2, -0.15) is 5.10 Å². The Balaban J connectivity index is 1.51. The number of halogens is 4. The van der Waals surface area contributed by atoms with Crippen LogP contribution in [0.2, 0.25) is 10.0 Å². The quantitative estimate of drug-likeness (QED) is 0.179. The number of aryl methyl sites for hydroxylation is 1. The number of carbonyl (C=O) groups is 2. The number of ether oxygens (including phenoxy) is 1. The first-order valence-corrected chi connectivity index (χ1v) is 13.7. The smallest absolute Gasteiger partial charge is 0.291 e. The van der Waals surface area contributed by atoms with Crippen LogP contribution in [0, 0.1) is 6.92 Å². The average molecular weight is 620 g/mol. The molecule has 0 atom stereocenters. The SMILES string of the molecule is CCn1ncc(-c2cc(C(F)F)nc3sc(C(N)=O)c(NC(=O)c4ccc(COc5ccc(Cl)cc5Cl)o4)c23)c1C. The van der Waals surface area contributed by atoms with E-state index in [0.29, 0.717) is 44.9 Å². The fraction of sp³-hybridized carbons (Fsp3) is 0.185. The van der Waals surface area contributed by atoms with Crippen molar-refractivity contribution in [2.24, 2.45) is 5.73 Å². The lowest BCUT2D eigenvalue weighted by molar-refractivity contribution is 0.0992. The van der Waals surface area contributed by atoms with Gasteiger partial charge in [-0.15, -0.1) is 11.3 Å². The molecule has 0 saturated heterocycles. The lowest BCUT2D eigenvalue weighted by Crippen LogP contribution is -2.16. The van der Waals surface area contributed by atoms with Gasteiger partial charge in [-0.25, -0.2) is 13.8 Å². The molecule has 4 aromatic heterocycles. The van der Waals surface area contributed by atoms with Gasteiger partial charge >= 0.3 is 0 Å². The number of amides is 2. The number of benzene rings is 1. The molecule has 212 valence electrons. The molecule has 5 rings (SSSR count). The molecule has 1 aromatic carbocycles. The molecule has 0 bridgehead atoms. The summed E-state index contributed by atoms with van der Waals surface area (Å²) in [5.74, 6) is -0.957. The van der Waals surface area contributed by atoms with Crippen LogP contribution in [-0.4, -0.2) is 26.6 Å². The summed E-state index contributed by atoms with van der Waals surface area (Å²) in [5.41, 5.74) is 6.76. The Morgan fingerprint density at radius 2 is 1.98 bits per heavy atom. The van der Waals surface area contributed by atoms with Gasteiger partial charge in [0.2, 0.25) is 0 Å². The van der Waals surface area contributed by atoms with E-state index in [1.54, 1.807) is 36.0 Å². The Morgan fingerprint density at radius 1 is 1.20 bits per heavy atom. The Kier molecular flexibility index (Phi) is 7.98. The number of aromatic nitrogens is 3. The number of furan rings is 1. The first kappa shape index (κ1) is 28.5. The topological polar surface area (TPSA) is 125 Å². The first-order chi connectivity index (χ1) is 19.6. The summed E-state index contributed by atoms with van der Waals surface area (Å²) in [4.78, 5) is 29.8. The van der Waals surface area contributed by atoms with Crippen molar-refractivity contribution in [1.29, 1.82) is 0 Å². The highest BCUT2D eigenvalue weighted by atomic mass is 35.5. The summed E-state index contributed by atoms with van der Waals surface area (Å²) in [6.07, 6.45) is -1.33. The van der Waals surface area contributed by atoms with Crippen LogP contribution in [0.3, 0.4) is 0 Å². The Hall–Kier alpha value is -4.00. The second-order valence-electron chi connectivity index (χ2n) is 8.79. The zero-order valence-corrected chi connectivity index (χ0v) is 23.8. The van der Waals surface area contributed by atoms with Gasteiger partial charge in [0, 0.05) is 28.2 Å². The third-order valence-electron chi connectivity index (χ3n) is 6.21. The van der Waals surface area contributed by atoms with Gasteiger partial charge in [-0.05, 0) is 55.8 Å². The second-order valence-corrected chi connectivity index (χ2v) is 10.6. The molecule has 0 saturated carbocycles. The van der Waals surface area contributed by atoms with Crippen LogP contribution in [0.4, 0.5) is 14.5 Å². The van der Waals surface area contributed by atoms with E-state index in [1.165, 1.54) is 18.2 Å². The van der Waals surface area contributed by atoms with Crippen LogP contribution in [0.5, 0.6) is 5.75 Å². The number of nitrogens with one attached hydrogen (secondary N) is 1. The lowest BCUT2D eigenvalue weighted by atomic mass is 10.0. The van der Waals surface area contributed by atoms with Gasteiger partial charge in [-0.1, -0.05) is 23.2 Å². The number of carbonyl (C=O) groups excluding carboxylic acids is 2. The van der Waals surface area contributed by atoms with Gasteiger partial charge in [-0.3, -0.25) is 14.3 Å². The fourth-order valence-electron chi connectivity index (χ4n) is 4.26. The van der Waals surface area contributed by atoms with Crippen molar-refractivity contribution >= 4 is 62.3 Å². The molecule has 14 heteroatoms. The number of nitrogens with zero attached hydrogens (tertiary/aromatic N) is 3. The van der Waals surface area contributed by atoms with E-state index in [4.69, 9.17) is 38.1 Å². The van der Waals surface area contributed by atoms with Crippen LogP contribution >= 0.6 is 34.5 Å². The molecule has 4 heterocycles. The minimum Gasteiger partial charge on any atom is -0.484 e.